The van der Waals surface area contributed by atoms with Gasteiger partial charge in [-0.1, -0.05) is 60.7 Å². The third kappa shape index (κ3) is 3.54. The quantitative estimate of drug-likeness (QED) is 0.942. The highest BCUT2D eigenvalue weighted by Crippen LogP contribution is 2.37. The summed E-state index contributed by atoms with van der Waals surface area (Å²) in [5.74, 6) is 0.279. The molecule has 3 rings (SSSR count). The summed E-state index contributed by atoms with van der Waals surface area (Å²) in [6.07, 6.45) is 0.648. The molecule has 1 fully saturated rings. The summed E-state index contributed by atoms with van der Waals surface area (Å²) in [6, 6.07) is 19.8. The zero-order valence-electron chi connectivity index (χ0n) is 13.1. The van der Waals surface area contributed by atoms with Crippen LogP contribution in [0.1, 0.15) is 23.6 Å². The van der Waals surface area contributed by atoms with Crippen LogP contribution in [0.3, 0.4) is 0 Å². The van der Waals surface area contributed by atoms with Gasteiger partial charge in [-0.2, -0.15) is 0 Å². The van der Waals surface area contributed by atoms with E-state index in [1.165, 1.54) is 0 Å². The van der Waals surface area contributed by atoms with Crippen LogP contribution in [0.25, 0.3) is 0 Å². The second kappa shape index (κ2) is 7.29. The van der Waals surface area contributed by atoms with Crippen molar-refractivity contribution in [2.45, 2.75) is 19.1 Å². The molecule has 0 spiro atoms. The highest BCUT2D eigenvalue weighted by molar-refractivity contribution is 5.69. The van der Waals surface area contributed by atoms with Gasteiger partial charge in [0.25, 0.3) is 0 Å². The van der Waals surface area contributed by atoms with Crippen LogP contribution in [0.5, 0.6) is 0 Å². The Balaban J connectivity index is 1.71. The summed E-state index contributed by atoms with van der Waals surface area (Å²) in [7, 11) is 0. The molecule has 0 aromatic heterocycles. The lowest BCUT2D eigenvalue weighted by Gasteiger charge is -2.27. The molecule has 0 aliphatic carbocycles. The zero-order chi connectivity index (χ0) is 16.1. The first-order chi connectivity index (χ1) is 11.3. The van der Waals surface area contributed by atoms with Gasteiger partial charge in [0, 0.05) is 6.54 Å². The Morgan fingerprint density at radius 3 is 2.39 bits per heavy atom. The van der Waals surface area contributed by atoms with E-state index < -0.39 is 0 Å². The van der Waals surface area contributed by atoms with Crippen LogP contribution in [-0.4, -0.2) is 24.1 Å². The van der Waals surface area contributed by atoms with Crippen LogP contribution in [0.2, 0.25) is 0 Å². The SMILES string of the molecule is NCC1CCN(C(=O)OCc2ccccc2)C1c1ccccc1. The Kier molecular flexibility index (Phi) is 4.93. The van der Waals surface area contributed by atoms with E-state index in [4.69, 9.17) is 10.5 Å². The maximum atomic E-state index is 12.5. The molecule has 1 amide bonds. The van der Waals surface area contributed by atoms with E-state index in [2.05, 4.69) is 12.1 Å². The van der Waals surface area contributed by atoms with E-state index in [9.17, 15) is 4.79 Å². The van der Waals surface area contributed by atoms with E-state index in [0.717, 1.165) is 17.5 Å². The van der Waals surface area contributed by atoms with Crippen LogP contribution >= 0.6 is 0 Å². The van der Waals surface area contributed by atoms with Crippen LogP contribution in [0.4, 0.5) is 4.79 Å². The molecular weight excluding hydrogens is 288 g/mol. The summed E-state index contributed by atoms with van der Waals surface area (Å²) >= 11 is 0. The molecule has 0 radical (unpaired) electrons. The fraction of sp³-hybridized carbons (Fsp3) is 0.316. The van der Waals surface area contributed by atoms with Crippen molar-refractivity contribution in [1.29, 1.82) is 0 Å². The second-order valence-corrected chi connectivity index (χ2v) is 5.87. The summed E-state index contributed by atoms with van der Waals surface area (Å²) in [5.41, 5.74) is 8.02. The molecule has 4 heteroatoms. The van der Waals surface area contributed by atoms with Crippen LogP contribution in [0.15, 0.2) is 60.7 Å². The maximum absolute atomic E-state index is 12.5. The number of nitrogens with two attached hydrogens (primary N) is 1. The van der Waals surface area contributed by atoms with Crippen molar-refractivity contribution >= 4 is 6.09 Å². The summed E-state index contributed by atoms with van der Waals surface area (Å²) in [6.45, 7) is 1.56. The highest BCUT2D eigenvalue weighted by Gasteiger charge is 2.38. The number of rotatable bonds is 4. The summed E-state index contributed by atoms with van der Waals surface area (Å²) < 4.78 is 5.50. The number of nitrogens with zero attached hydrogens (tertiary/aromatic N) is 1. The molecule has 1 aliphatic heterocycles. The molecule has 2 unspecified atom stereocenters. The molecule has 2 atom stereocenters. The van der Waals surface area contributed by atoms with Crippen molar-refractivity contribution in [3.8, 4) is 0 Å². The monoisotopic (exact) mass is 310 g/mol. The van der Waals surface area contributed by atoms with Gasteiger partial charge in [-0.15, -0.1) is 0 Å². The molecule has 1 saturated heterocycles. The molecule has 1 heterocycles. The number of amides is 1. The largest absolute Gasteiger partial charge is 0.445 e. The number of carbonyl (C=O) groups is 1. The molecule has 2 aromatic carbocycles. The average Bonchev–Trinajstić information content (AvgIpc) is 3.05. The normalized spacial score (nSPS) is 20.5. The van der Waals surface area contributed by atoms with E-state index in [-0.39, 0.29) is 18.1 Å². The van der Waals surface area contributed by atoms with Crippen LogP contribution < -0.4 is 5.73 Å². The van der Waals surface area contributed by atoms with Gasteiger partial charge >= 0.3 is 6.09 Å². The van der Waals surface area contributed by atoms with Gasteiger partial charge in [-0.3, -0.25) is 0 Å². The lowest BCUT2D eigenvalue weighted by atomic mass is 9.94. The predicted octanol–water partition coefficient (Wildman–Crippen LogP) is 3.35. The Morgan fingerprint density at radius 2 is 1.74 bits per heavy atom. The molecule has 0 bridgehead atoms. The minimum absolute atomic E-state index is 0.00414. The third-order valence-electron chi connectivity index (χ3n) is 4.41. The van der Waals surface area contributed by atoms with Gasteiger partial charge in [-0.05, 0) is 30.0 Å². The molecule has 2 aromatic rings. The Labute approximate surface area is 136 Å². The summed E-state index contributed by atoms with van der Waals surface area (Å²) in [5, 5.41) is 0. The second-order valence-electron chi connectivity index (χ2n) is 5.87. The van der Waals surface area contributed by atoms with Gasteiger partial charge in [0.2, 0.25) is 0 Å². The van der Waals surface area contributed by atoms with Crippen molar-refractivity contribution in [3.63, 3.8) is 0 Å². The lowest BCUT2D eigenvalue weighted by molar-refractivity contribution is 0.0885. The standard InChI is InChI=1S/C19H22N2O2/c20-13-17-11-12-21(18(17)16-9-5-2-6-10-16)19(22)23-14-15-7-3-1-4-8-15/h1-10,17-18H,11-14,20H2. The summed E-state index contributed by atoms with van der Waals surface area (Å²) in [4.78, 5) is 14.3. The molecule has 120 valence electrons. The van der Waals surface area contributed by atoms with Crippen molar-refractivity contribution < 1.29 is 9.53 Å². The number of hydrogen-bond donors (Lipinski definition) is 1. The number of carbonyl (C=O) groups excluding carboxylic acids is 1. The molecule has 4 nitrogen and oxygen atoms in total. The third-order valence-corrected chi connectivity index (χ3v) is 4.41. The molecule has 2 N–H and O–H groups in total. The van der Waals surface area contributed by atoms with Gasteiger partial charge < -0.3 is 15.4 Å². The van der Waals surface area contributed by atoms with E-state index >= 15 is 0 Å². The number of hydrogen-bond acceptors (Lipinski definition) is 3. The van der Waals surface area contributed by atoms with Crippen molar-refractivity contribution in [1.82, 2.24) is 4.90 Å². The average molecular weight is 310 g/mol. The smallest absolute Gasteiger partial charge is 0.410 e. The van der Waals surface area contributed by atoms with Crippen molar-refractivity contribution in [2.24, 2.45) is 11.7 Å². The fourth-order valence-electron chi connectivity index (χ4n) is 3.21. The van der Waals surface area contributed by atoms with Gasteiger partial charge in [0.05, 0.1) is 6.04 Å². The highest BCUT2D eigenvalue weighted by atomic mass is 16.6. The van der Waals surface area contributed by atoms with Crippen LogP contribution in [0, 0.1) is 5.92 Å². The van der Waals surface area contributed by atoms with Gasteiger partial charge in [0.15, 0.2) is 0 Å². The first kappa shape index (κ1) is 15.6. The van der Waals surface area contributed by atoms with Crippen molar-refractivity contribution in [3.05, 3.63) is 71.8 Å². The predicted molar refractivity (Wildman–Crippen MR) is 89.7 cm³/mol. The van der Waals surface area contributed by atoms with E-state index in [1.807, 2.05) is 53.4 Å². The fourth-order valence-corrected chi connectivity index (χ4v) is 3.21. The first-order valence-electron chi connectivity index (χ1n) is 8.02. The van der Waals surface area contributed by atoms with E-state index in [1.54, 1.807) is 0 Å². The molecule has 0 saturated carbocycles. The number of ether oxygens (including phenoxy) is 1. The number of benzene rings is 2. The Morgan fingerprint density at radius 1 is 1.09 bits per heavy atom. The minimum atomic E-state index is -0.265. The molecule has 1 aliphatic rings. The molecular formula is C19H22N2O2. The van der Waals surface area contributed by atoms with Gasteiger partial charge in [0.1, 0.15) is 6.61 Å². The Hall–Kier alpha value is -2.33. The zero-order valence-corrected chi connectivity index (χ0v) is 13.1. The van der Waals surface area contributed by atoms with Crippen molar-refractivity contribution in [2.75, 3.05) is 13.1 Å². The molecule has 23 heavy (non-hydrogen) atoms. The van der Waals surface area contributed by atoms with Gasteiger partial charge in [-0.25, -0.2) is 4.79 Å². The Bertz CT molecular complexity index is 630. The number of likely N-dealkylation sites (tertiary alicyclic amines) is 1. The maximum Gasteiger partial charge on any atom is 0.410 e. The minimum Gasteiger partial charge on any atom is -0.445 e. The van der Waals surface area contributed by atoms with E-state index in [0.29, 0.717) is 19.7 Å². The van der Waals surface area contributed by atoms with Crippen LogP contribution in [-0.2, 0) is 11.3 Å². The first-order valence-corrected chi connectivity index (χ1v) is 8.02. The topological polar surface area (TPSA) is 55.6 Å². The lowest BCUT2D eigenvalue weighted by Crippen LogP contribution is -2.33.